The number of hydrogen-bond acceptors (Lipinski definition) is 6. The number of nitro groups is 1. The fraction of sp³-hybridized carbons (Fsp3) is 0.444. The summed E-state index contributed by atoms with van der Waals surface area (Å²) in [6.45, 7) is 5.24. The molecule has 1 aromatic rings. The number of piperazine rings is 1. The minimum Gasteiger partial charge on any atom is -0.364 e. The number of nitrogens with zero attached hydrogens (tertiary/aromatic N) is 4. The summed E-state index contributed by atoms with van der Waals surface area (Å²) < 4.78 is 0. The van der Waals surface area contributed by atoms with E-state index >= 15 is 0 Å². The van der Waals surface area contributed by atoms with Crippen LogP contribution in [0.2, 0.25) is 0 Å². The Kier molecular flexibility index (Phi) is 5.03. The maximum Gasteiger partial charge on any atom is 0.277 e. The van der Waals surface area contributed by atoms with Crippen LogP contribution in [0.1, 0.15) is 18.9 Å². The standard InChI is InChI=1S/C18H22N4O4/c1-3-8-21-17(23)15(13-4-6-14(7-5-13)22(25)26)16(18(21)24)20-11-9-19(2)10-12-20/h4-7H,3,8-12H2,1-2H3. The van der Waals surface area contributed by atoms with Crippen molar-refractivity contribution < 1.29 is 14.5 Å². The van der Waals surface area contributed by atoms with Gasteiger partial charge in [0.05, 0.1) is 10.5 Å². The highest BCUT2D eigenvalue weighted by molar-refractivity contribution is 6.35. The molecule has 2 aliphatic heterocycles. The summed E-state index contributed by atoms with van der Waals surface area (Å²) in [5, 5.41) is 10.9. The Morgan fingerprint density at radius 1 is 1.04 bits per heavy atom. The summed E-state index contributed by atoms with van der Waals surface area (Å²) >= 11 is 0. The number of rotatable bonds is 5. The molecule has 0 bridgehead atoms. The monoisotopic (exact) mass is 358 g/mol. The zero-order valence-electron chi connectivity index (χ0n) is 15.0. The van der Waals surface area contributed by atoms with Crippen LogP contribution in [0.5, 0.6) is 0 Å². The molecule has 1 saturated heterocycles. The Morgan fingerprint density at radius 2 is 1.65 bits per heavy atom. The lowest BCUT2D eigenvalue weighted by molar-refractivity contribution is -0.384. The molecular weight excluding hydrogens is 336 g/mol. The third-order valence-corrected chi connectivity index (χ3v) is 4.78. The third-order valence-electron chi connectivity index (χ3n) is 4.78. The number of likely N-dealkylation sites (N-methyl/N-ethyl adjacent to an activating group) is 1. The second-order valence-corrected chi connectivity index (χ2v) is 6.58. The first-order valence-corrected chi connectivity index (χ1v) is 8.72. The van der Waals surface area contributed by atoms with Crippen molar-refractivity contribution in [2.24, 2.45) is 0 Å². The zero-order chi connectivity index (χ0) is 18.8. The predicted molar refractivity (Wildman–Crippen MR) is 96.1 cm³/mol. The van der Waals surface area contributed by atoms with E-state index < -0.39 is 4.92 Å². The first-order chi connectivity index (χ1) is 12.4. The highest BCUT2D eigenvalue weighted by Gasteiger charge is 2.41. The largest absolute Gasteiger partial charge is 0.364 e. The average molecular weight is 358 g/mol. The van der Waals surface area contributed by atoms with Crippen molar-refractivity contribution in [1.82, 2.24) is 14.7 Å². The molecule has 0 unspecified atom stereocenters. The molecule has 1 fully saturated rings. The topological polar surface area (TPSA) is 87.0 Å². The van der Waals surface area contributed by atoms with Crippen LogP contribution in [0.25, 0.3) is 5.57 Å². The molecule has 0 aromatic heterocycles. The van der Waals surface area contributed by atoms with Gasteiger partial charge in [0.2, 0.25) is 0 Å². The smallest absolute Gasteiger partial charge is 0.277 e. The Morgan fingerprint density at radius 3 is 2.19 bits per heavy atom. The van der Waals surface area contributed by atoms with Crippen LogP contribution in [-0.4, -0.2) is 71.2 Å². The highest BCUT2D eigenvalue weighted by atomic mass is 16.6. The van der Waals surface area contributed by atoms with Crippen LogP contribution >= 0.6 is 0 Å². The Bertz CT molecular complexity index is 764. The Balaban J connectivity index is 2.03. The summed E-state index contributed by atoms with van der Waals surface area (Å²) in [7, 11) is 2.02. The van der Waals surface area contributed by atoms with Crippen molar-refractivity contribution in [3.05, 3.63) is 45.6 Å². The summed E-state index contributed by atoms with van der Waals surface area (Å²) in [5.74, 6) is -0.589. The van der Waals surface area contributed by atoms with E-state index in [9.17, 15) is 19.7 Å². The van der Waals surface area contributed by atoms with Gasteiger partial charge >= 0.3 is 0 Å². The Labute approximate surface area is 151 Å². The number of amides is 2. The maximum atomic E-state index is 12.9. The number of nitro benzene ring substituents is 1. The van der Waals surface area contributed by atoms with Crippen molar-refractivity contribution in [3.63, 3.8) is 0 Å². The molecular formula is C18H22N4O4. The van der Waals surface area contributed by atoms with Gasteiger partial charge in [0.25, 0.3) is 17.5 Å². The van der Waals surface area contributed by atoms with E-state index in [-0.39, 0.29) is 17.5 Å². The summed E-state index contributed by atoms with van der Waals surface area (Å²) in [5.41, 5.74) is 1.27. The zero-order valence-corrected chi connectivity index (χ0v) is 15.0. The molecule has 0 spiro atoms. The van der Waals surface area contributed by atoms with Crippen LogP contribution in [0, 0.1) is 10.1 Å². The number of imide groups is 1. The molecule has 26 heavy (non-hydrogen) atoms. The second-order valence-electron chi connectivity index (χ2n) is 6.58. The van der Waals surface area contributed by atoms with Crippen LogP contribution in [0.3, 0.4) is 0 Å². The molecule has 0 N–H and O–H groups in total. The lowest BCUT2D eigenvalue weighted by Gasteiger charge is -2.34. The molecule has 2 amide bonds. The normalized spacial score (nSPS) is 18.8. The summed E-state index contributed by atoms with van der Waals surface area (Å²) in [4.78, 5) is 41.7. The SMILES string of the molecule is CCCN1C(=O)C(c2ccc([N+](=O)[O-])cc2)=C(N2CCN(C)CC2)C1=O. The van der Waals surface area contributed by atoms with Gasteiger partial charge in [-0.3, -0.25) is 24.6 Å². The lowest BCUT2D eigenvalue weighted by Crippen LogP contribution is -2.46. The molecule has 0 radical (unpaired) electrons. The summed E-state index contributed by atoms with van der Waals surface area (Å²) in [6, 6.07) is 5.82. The van der Waals surface area contributed by atoms with Crippen molar-refractivity contribution in [3.8, 4) is 0 Å². The van der Waals surface area contributed by atoms with Crippen molar-refractivity contribution in [1.29, 1.82) is 0 Å². The second kappa shape index (κ2) is 7.25. The number of carbonyl (C=O) groups is 2. The van der Waals surface area contributed by atoms with Crippen LogP contribution in [0.15, 0.2) is 30.0 Å². The van der Waals surface area contributed by atoms with Crippen molar-refractivity contribution >= 4 is 23.1 Å². The third kappa shape index (κ3) is 3.20. The van der Waals surface area contributed by atoms with E-state index in [0.717, 1.165) is 13.1 Å². The van der Waals surface area contributed by atoms with E-state index in [4.69, 9.17) is 0 Å². The van der Waals surface area contributed by atoms with Crippen molar-refractivity contribution in [2.45, 2.75) is 13.3 Å². The minimum atomic E-state index is -0.482. The molecule has 0 aliphatic carbocycles. The minimum absolute atomic E-state index is 0.0438. The van der Waals surface area contributed by atoms with Gasteiger partial charge in [-0.05, 0) is 31.2 Å². The molecule has 138 valence electrons. The van der Waals surface area contributed by atoms with Crippen LogP contribution in [0.4, 0.5) is 5.69 Å². The van der Waals surface area contributed by atoms with Gasteiger partial charge in [-0.15, -0.1) is 0 Å². The van der Waals surface area contributed by atoms with E-state index in [1.54, 1.807) is 12.1 Å². The number of benzene rings is 1. The highest BCUT2D eigenvalue weighted by Crippen LogP contribution is 2.33. The van der Waals surface area contributed by atoms with E-state index in [1.165, 1.54) is 17.0 Å². The maximum absolute atomic E-state index is 12.9. The van der Waals surface area contributed by atoms with Crippen LogP contribution in [-0.2, 0) is 9.59 Å². The van der Waals surface area contributed by atoms with E-state index in [2.05, 4.69) is 4.90 Å². The fourth-order valence-corrected chi connectivity index (χ4v) is 3.32. The van der Waals surface area contributed by atoms with Gasteiger partial charge in [-0.2, -0.15) is 0 Å². The van der Waals surface area contributed by atoms with Gasteiger partial charge in [0.15, 0.2) is 0 Å². The van der Waals surface area contributed by atoms with Crippen LogP contribution < -0.4 is 0 Å². The molecule has 3 rings (SSSR count). The number of non-ortho nitro benzene ring substituents is 1. The molecule has 2 aliphatic rings. The van der Waals surface area contributed by atoms with E-state index in [1.807, 2.05) is 18.9 Å². The quantitative estimate of drug-likeness (QED) is 0.448. The number of carbonyl (C=O) groups excluding carboxylic acids is 2. The van der Waals surface area contributed by atoms with Gasteiger partial charge in [0, 0.05) is 44.9 Å². The fourth-order valence-electron chi connectivity index (χ4n) is 3.32. The molecule has 2 heterocycles. The van der Waals surface area contributed by atoms with Crippen molar-refractivity contribution in [2.75, 3.05) is 39.8 Å². The molecule has 0 saturated carbocycles. The lowest BCUT2D eigenvalue weighted by atomic mass is 10.0. The molecule has 8 nitrogen and oxygen atoms in total. The molecule has 0 atom stereocenters. The van der Waals surface area contributed by atoms with Gasteiger partial charge < -0.3 is 9.80 Å². The first-order valence-electron chi connectivity index (χ1n) is 8.72. The Hall–Kier alpha value is -2.74. The van der Waals surface area contributed by atoms with Gasteiger partial charge in [-0.25, -0.2) is 0 Å². The molecule has 8 heteroatoms. The summed E-state index contributed by atoms with van der Waals surface area (Å²) in [6.07, 6.45) is 0.682. The molecule has 1 aromatic carbocycles. The van der Waals surface area contributed by atoms with E-state index in [0.29, 0.717) is 42.9 Å². The predicted octanol–water partition coefficient (Wildman–Crippen LogP) is 1.33. The first kappa shape index (κ1) is 18.1. The van der Waals surface area contributed by atoms with Gasteiger partial charge in [0.1, 0.15) is 5.70 Å². The average Bonchev–Trinajstić information content (AvgIpc) is 2.87. The van der Waals surface area contributed by atoms with Gasteiger partial charge in [-0.1, -0.05) is 6.92 Å². The number of hydrogen-bond donors (Lipinski definition) is 0.